The molecule has 1 atom stereocenters. The zero-order valence-electron chi connectivity index (χ0n) is 18.3. The normalized spacial score (nSPS) is 17.8. The fraction of sp³-hybridized carbons (Fsp3) is 0.500. The second kappa shape index (κ2) is 9.76. The molecule has 1 aromatic heterocycles. The molecule has 1 aliphatic rings. The summed E-state index contributed by atoms with van der Waals surface area (Å²) in [4.78, 5) is 4.73. The number of nitrogens with zero attached hydrogens (tertiary/aromatic N) is 3. The quantitative estimate of drug-likeness (QED) is 0.685. The molecule has 7 nitrogen and oxygen atoms in total. The van der Waals surface area contributed by atoms with Crippen LogP contribution in [0.1, 0.15) is 44.0 Å². The fourth-order valence-corrected chi connectivity index (χ4v) is 5.63. The van der Waals surface area contributed by atoms with E-state index in [0.717, 1.165) is 41.4 Å². The Morgan fingerprint density at radius 3 is 2.50 bits per heavy atom. The third-order valence-electron chi connectivity index (χ3n) is 5.51. The van der Waals surface area contributed by atoms with Crippen LogP contribution in [0.15, 0.2) is 36.4 Å². The number of piperidine rings is 1. The van der Waals surface area contributed by atoms with Crippen LogP contribution in [0.5, 0.6) is 5.75 Å². The molecule has 2 aromatic rings. The topological polar surface area (TPSA) is 74.8 Å². The molecule has 2 heterocycles. The predicted octanol–water partition coefficient (Wildman–Crippen LogP) is 3.91. The number of hydrogen-bond acceptors (Lipinski definition) is 5. The van der Waals surface area contributed by atoms with Crippen LogP contribution in [0, 0.1) is 6.92 Å². The van der Waals surface area contributed by atoms with Gasteiger partial charge in [0.1, 0.15) is 5.75 Å². The standard InChI is InChI=1S/C22H32N4O3S/c1-5-25(6-2)30(27,28)26-13-7-8-18(16-26)22-15-20(14-17(3)23-22)24-19-9-11-21(29-4)12-10-19/h9-12,14-15,18H,5-8,13,16H2,1-4H3,(H,23,24)/t18-/m0/s1. The lowest BCUT2D eigenvalue weighted by Gasteiger charge is -2.35. The van der Waals surface area contributed by atoms with Gasteiger partial charge < -0.3 is 10.1 Å². The number of benzene rings is 1. The van der Waals surface area contributed by atoms with Gasteiger partial charge in [-0.25, -0.2) is 0 Å². The number of rotatable bonds is 8. The summed E-state index contributed by atoms with van der Waals surface area (Å²) in [7, 11) is -1.78. The zero-order chi connectivity index (χ0) is 21.7. The van der Waals surface area contributed by atoms with Gasteiger partial charge in [0.05, 0.1) is 7.11 Å². The molecular formula is C22H32N4O3S. The minimum absolute atomic E-state index is 0.0837. The van der Waals surface area contributed by atoms with Crippen LogP contribution in [0.25, 0.3) is 0 Å². The summed E-state index contributed by atoms with van der Waals surface area (Å²) in [5.74, 6) is 0.893. The van der Waals surface area contributed by atoms with Crippen LogP contribution in [-0.4, -0.2) is 55.3 Å². The number of anilines is 2. The van der Waals surface area contributed by atoms with Crippen LogP contribution in [0.4, 0.5) is 11.4 Å². The number of hydrogen-bond donors (Lipinski definition) is 1. The van der Waals surface area contributed by atoms with Crippen molar-refractivity contribution in [2.45, 2.75) is 39.5 Å². The van der Waals surface area contributed by atoms with Gasteiger partial charge in [0.15, 0.2) is 0 Å². The van der Waals surface area contributed by atoms with Gasteiger partial charge in [0.2, 0.25) is 0 Å². The number of aryl methyl sites for hydroxylation is 1. The average molecular weight is 433 g/mol. The zero-order valence-corrected chi connectivity index (χ0v) is 19.1. The maximum Gasteiger partial charge on any atom is 0.281 e. The van der Waals surface area contributed by atoms with Crippen LogP contribution in [-0.2, 0) is 10.2 Å². The number of aromatic nitrogens is 1. The summed E-state index contributed by atoms with van der Waals surface area (Å²) in [5.41, 5.74) is 3.76. The maximum absolute atomic E-state index is 13.0. The van der Waals surface area contributed by atoms with Gasteiger partial charge >= 0.3 is 0 Å². The molecule has 30 heavy (non-hydrogen) atoms. The lowest BCUT2D eigenvalue weighted by Crippen LogP contribution is -2.47. The van der Waals surface area contributed by atoms with Crippen LogP contribution < -0.4 is 10.1 Å². The van der Waals surface area contributed by atoms with E-state index in [-0.39, 0.29) is 5.92 Å². The van der Waals surface area contributed by atoms with E-state index in [1.54, 1.807) is 11.4 Å². The van der Waals surface area contributed by atoms with Gasteiger partial charge in [0.25, 0.3) is 10.2 Å². The van der Waals surface area contributed by atoms with Gasteiger partial charge in [-0.05, 0) is 56.2 Å². The molecule has 3 rings (SSSR count). The van der Waals surface area contributed by atoms with Crippen molar-refractivity contribution < 1.29 is 13.2 Å². The Bertz CT molecular complexity index is 943. The molecule has 1 fully saturated rings. The maximum atomic E-state index is 13.0. The summed E-state index contributed by atoms with van der Waals surface area (Å²) < 4.78 is 34.3. The first-order chi connectivity index (χ1) is 14.4. The van der Waals surface area contributed by atoms with Gasteiger partial charge in [-0.1, -0.05) is 13.8 Å². The summed E-state index contributed by atoms with van der Waals surface area (Å²) >= 11 is 0. The van der Waals surface area contributed by atoms with Gasteiger partial charge in [0, 0.05) is 54.9 Å². The van der Waals surface area contributed by atoms with E-state index in [2.05, 4.69) is 5.32 Å². The SMILES string of the molecule is CCN(CC)S(=O)(=O)N1CCC[C@H](c2cc(Nc3ccc(OC)cc3)cc(C)n2)C1. The van der Waals surface area contributed by atoms with Gasteiger partial charge in [-0.3, -0.25) is 4.98 Å². The summed E-state index contributed by atoms with van der Waals surface area (Å²) in [6.07, 6.45) is 1.77. The highest BCUT2D eigenvalue weighted by Gasteiger charge is 2.33. The largest absolute Gasteiger partial charge is 0.497 e. The highest BCUT2D eigenvalue weighted by Crippen LogP contribution is 2.30. The van der Waals surface area contributed by atoms with Crippen molar-refractivity contribution in [2.75, 3.05) is 38.6 Å². The molecule has 0 amide bonds. The van der Waals surface area contributed by atoms with Crippen LogP contribution in [0.2, 0.25) is 0 Å². The molecule has 8 heteroatoms. The van der Waals surface area contributed by atoms with Crippen molar-refractivity contribution in [2.24, 2.45) is 0 Å². The van der Waals surface area contributed by atoms with Crippen molar-refractivity contribution in [3.63, 3.8) is 0 Å². The lowest BCUT2D eigenvalue weighted by atomic mass is 9.95. The Kier molecular flexibility index (Phi) is 7.33. The number of ether oxygens (including phenoxy) is 1. The third kappa shape index (κ3) is 5.11. The fourth-order valence-electron chi connectivity index (χ4n) is 3.92. The first-order valence-corrected chi connectivity index (χ1v) is 11.9. The lowest BCUT2D eigenvalue weighted by molar-refractivity contribution is 0.285. The molecular weight excluding hydrogens is 400 g/mol. The highest BCUT2D eigenvalue weighted by molar-refractivity contribution is 7.86. The molecule has 1 N–H and O–H groups in total. The monoisotopic (exact) mass is 432 g/mol. The Morgan fingerprint density at radius 2 is 1.87 bits per heavy atom. The molecule has 0 aliphatic carbocycles. The minimum atomic E-state index is -3.43. The second-order valence-corrected chi connectivity index (χ2v) is 9.49. The van der Waals surface area contributed by atoms with E-state index in [0.29, 0.717) is 26.2 Å². The van der Waals surface area contributed by atoms with E-state index in [4.69, 9.17) is 9.72 Å². The molecule has 1 aromatic carbocycles. The molecule has 1 aliphatic heterocycles. The first-order valence-electron chi connectivity index (χ1n) is 10.5. The Labute approximate surface area is 180 Å². The smallest absolute Gasteiger partial charge is 0.281 e. The minimum Gasteiger partial charge on any atom is -0.497 e. The van der Waals surface area contributed by atoms with Crippen molar-refractivity contribution in [3.8, 4) is 5.75 Å². The van der Waals surface area contributed by atoms with E-state index in [9.17, 15) is 8.42 Å². The van der Waals surface area contributed by atoms with Crippen molar-refractivity contribution in [1.82, 2.24) is 13.6 Å². The molecule has 0 saturated carbocycles. The first kappa shape index (κ1) is 22.5. The van der Waals surface area contributed by atoms with Gasteiger partial charge in [-0.15, -0.1) is 0 Å². The second-order valence-electron chi connectivity index (χ2n) is 7.56. The van der Waals surface area contributed by atoms with Crippen LogP contribution in [0.3, 0.4) is 0 Å². The average Bonchev–Trinajstić information content (AvgIpc) is 2.74. The van der Waals surface area contributed by atoms with E-state index < -0.39 is 10.2 Å². The number of methoxy groups -OCH3 is 1. The van der Waals surface area contributed by atoms with Crippen molar-refractivity contribution in [3.05, 3.63) is 47.8 Å². The Balaban J connectivity index is 1.79. The number of pyridine rings is 1. The number of nitrogens with one attached hydrogen (secondary N) is 1. The van der Waals surface area contributed by atoms with E-state index in [1.165, 1.54) is 4.31 Å². The van der Waals surface area contributed by atoms with Gasteiger partial charge in [-0.2, -0.15) is 17.0 Å². The Morgan fingerprint density at radius 1 is 1.17 bits per heavy atom. The molecule has 0 radical (unpaired) electrons. The summed E-state index contributed by atoms with van der Waals surface area (Å²) in [5, 5.41) is 3.42. The molecule has 164 valence electrons. The molecule has 0 bridgehead atoms. The molecule has 0 unspecified atom stereocenters. The van der Waals surface area contributed by atoms with E-state index in [1.807, 2.05) is 57.2 Å². The molecule has 0 spiro atoms. The Hall–Kier alpha value is -2.16. The van der Waals surface area contributed by atoms with E-state index >= 15 is 0 Å². The summed E-state index contributed by atoms with van der Waals surface area (Å²) in [6, 6.07) is 11.8. The van der Waals surface area contributed by atoms with Crippen molar-refractivity contribution >= 4 is 21.6 Å². The summed E-state index contributed by atoms with van der Waals surface area (Å²) in [6.45, 7) is 7.73. The predicted molar refractivity (Wildman–Crippen MR) is 121 cm³/mol. The molecule has 1 saturated heterocycles. The third-order valence-corrected chi connectivity index (χ3v) is 7.67. The highest BCUT2D eigenvalue weighted by atomic mass is 32.2. The van der Waals surface area contributed by atoms with Crippen LogP contribution >= 0.6 is 0 Å². The van der Waals surface area contributed by atoms with Crippen molar-refractivity contribution in [1.29, 1.82) is 0 Å².